The van der Waals surface area contributed by atoms with Gasteiger partial charge in [0.15, 0.2) is 10.8 Å². The Kier molecular flexibility index (Phi) is 7.62. The number of alkyl halides is 3. The summed E-state index contributed by atoms with van der Waals surface area (Å²) in [6, 6.07) is 0.0429. The summed E-state index contributed by atoms with van der Waals surface area (Å²) in [5.74, 6) is -0.402. The van der Waals surface area contributed by atoms with Crippen LogP contribution in [0.2, 0.25) is 0 Å². The molecule has 0 radical (unpaired) electrons. The van der Waals surface area contributed by atoms with E-state index in [-0.39, 0.29) is 18.7 Å². The quantitative estimate of drug-likeness (QED) is 0.721. The number of carbonyl (C=O) groups excluding carboxylic acids is 2. The summed E-state index contributed by atoms with van der Waals surface area (Å²) < 4.78 is 64.9. The molecule has 168 valence electrons. The Hall–Kier alpha value is -2.01. The molecule has 0 saturated carbocycles. The molecular weight excluding hydrogens is 423 g/mol. The molecule has 1 aromatic heterocycles. The first-order valence-corrected chi connectivity index (χ1v) is 11.1. The molecule has 0 aliphatic carbocycles. The summed E-state index contributed by atoms with van der Waals surface area (Å²) in [5, 5.41) is 2.11. The SMILES string of the molecule is CC(C)CCC(=O)N[C@H]1CC[C@@H](C)N(S(=O)(=O)c2ccc(C(F)(F)F)cn2)CC1=O. The predicted octanol–water partition coefficient (Wildman–Crippen LogP) is 2.76. The van der Waals surface area contributed by atoms with Crippen molar-refractivity contribution in [1.29, 1.82) is 0 Å². The number of nitrogens with zero attached hydrogens (tertiary/aromatic N) is 2. The summed E-state index contributed by atoms with van der Waals surface area (Å²) in [7, 11) is -4.28. The van der Waals surface area contributed by atoms with Crippen molar-refractivity contribution in [2.24, 2.45) is 5.92 Å². The van der Waals surface area contributed by atoms with E-state index in [0.29, 0.717) is 31.0 Å². The lowest BCUT2D eigenvalue weighted by molar-refractivity contribution is -0.137. The van der Waals surface area contributed by atoms with Gasteiger partial charge in [0, 0.05) is 18.7 Å². The van der Waals surface area contributed by atoms with E-state index in [1.807, 2.05) is 13.8 Å². The van der Waals surface area contributed by atoms with Crippen LogP contribution >= 0.6 is 0 Å². The predicted molar refractivity (Wildman–Crippen MR) is 103 cm³/mol. The first-order valence-electron chi connectivity index (χ1n) is 9.69. The lowest BCUT2D eigenvalue weighted by atomic mass is 10.0. The third kappa shape index (κ3) is 6.00. The van der Waals surface area contributed by atoms with Gasteiger partial charge in [-0.05, 0) is 44.2 Å². The van der Waals surface area contributed by atoms with Crippen LogP contribution < -0.4 is 5.32 Å². The Labute approximate surface area is 174 Å². The Morgan fingerprint density at radius 3 is 2.50 bits per heavy atom. The molecule has 0 spiro atoms. The minimum Gasteiger partial charge on any atom is -0.346 e. The molecule has 2 atom stereocenters. The summed E-state index contributed by atoms with van der Waals surface area (Å²) >= 11 is 0. The molecule has 2 heterocycles. The Morgan fingerprint density at radius 2 is 1.97 bits per heavy atom. The van der Waals surface area contributed by atoms with E-state index in [4.69, 9.17) is 0 Å². The van der Waals surface area contributed by atoms with Gasteiger partial charge in [-0.1, -0.05) is 13.8 Å². The van der Waals surface area contributed by atoms with Crippen LogP contribution in [0.4, 0.5) is 13.2 Å². The second-order valence-electron chi connectivity index (χ2n) is 7.88. The summed E-state index contributed by atoms with van der Waals surface area (Å²) in [6.07, 6.45) is -2.66. The Morgan fingerprint density at radius 1 is 1.30 bits per heavy atom. The summed E-state index contributed by atoms with van der Waals surface area (Å²) in [4.78, 5) is 28.1. The summed E-state index contributed by atoms with van der Waals surface area (Å²) in [6.45, 7) is 5.08. The number of carbonyl (C=O) groups is 2. The molecule has 7 nitrogen and oxygen atoms in total. The summed E-state index contributed by atoms with van der Waals surface area (Å²) in [5.41, 5.74) is -1.06. The molecule has 1 N–H and O–H groups in total. The largest absolute Gasteiger partial charge is 0.417 e. The highest BCUT2D eigenvalue weighted by atomic mass is 32.2. The second kappa shape index (κ2) is 9.42. The van der Waals surface area contributed by atoms with Crippen LogP contribution in [0.25, 0.3) is 0 Å². The minimum absolute atomic E-state index is 0.268. The highest BCUT2D eigenvalue weighted by molar-refractivity contribution is 7.89. The molecule has 1 aliphatic rings. The van der Waals surface area contributed by atoms with Crippen LogP contribution in [0, 0.1) is 5.92 Å². The molecule has 11 heteroatoms. The highest BCUT2D eigenvalue weighted by Crippen LogP contribution is 2.30. The van der Waals surface area contributed by atoms with Gasteiger partial charge in [-0.25, -0.2) is 13.4 Å². The molecule has 30 heavy (non-hydrogen) atoms. The van der Waals surface area contributed by atoms with E-state index in [2.05, 4.69) is 10.3 Å². The number of pyridine rings is 1. The van der Waals surface area contributed by atoms with Gasteiger partial charge in [-0.3, -0.25) is 9.59 Å². The maximum Gasteiger partial charge on any atom is 0.417 e. The van der Waals surface area contributed by atoms with E-state index in [9.17, 15) is 31.2 Å². The van der Waals surface area contributed by atoms with Gasteiger partial charge in [0.1, 0.15) is 0 Å². The van der Waals surface area contributed by atoms with E-state index in [1.54, 1.807) is 6.92 Å². The second-order valence-corrected chi connectivity index (χ2v) is 9.72. The topological polar surface area (TPSA) is 96.4 Å². The molecule has 2 rings (SSSR count). The molecule has 0 bridgehead atoms. The average Bonchev–Trinajstić information content (AvgIpc) is 2.79. The van der Waals surface area contributed by atoms with Crippen molar-refractivity contribution in [3.63, 3.8) is 0 Å². The van der Waals surface area contributed by atoms with Gasteiger partial charge in [0.05, 0.1) is 18.2 Å². The zero-order valence-corrected chi connectivity index (χ0v) is 17.9. The van der Waals surface area contributed by atoms with E-state index >= 15 is 0 Å². The fourth-order valence-corrected chi connectivity index (χ4v) is 4.66. The fourth-order valence-electron chi connectivity index (χ4n) is 3.11. The zero-order valence-electron chi connectivity index (χ0n) is 17.1. The van der Waals surface area contributed by atoms with Gasteiger partial charge >= 0.3 is 6.18 Å². The number of halogens is 3. The number of sulfonamides is 1. The smallest absolute Gasteiger partial charge is 0.346 e. The lowest BCUT2D eigenvalue weighted by Crippen LogP contribution is -2.45. The average molecular weight is 449 g/mol. The first-order chi connectivity index (χ1) is 13.8. The fraction of sp³-hybridized carbons (Fsp3) is 0.632. The van der Waals surface area contributed by atoms with E-state index in [1.165, 1.54) is 0 Å². The zero-order chi connectivity index (χ0) is 22.7. The van der Waals surface area contributed by atoms with Gasteiger partial charge in [-0.15, -0.1) is 0 Å². The van der Waals surface area contributed by atoms with Crippen LogP contribution in [0.3, 0.4) is 0 Å². The van der Waals surface area contributed by atoms with E-state index < -0.39 is 51.2 Å². The number of amides is 1. The van der Waals surface area contributed by atoms with Crippen molar-refractivity contribution in [3.05, 3.63) is 23.9 Å². The minimum atomic E-state index is -4.64. The molecule has 1 aromatic rings. The van der Waals surface area contributed by atoms with Crippen molar-refractivity contribution in [2.75, 3.05) is 6.54 Å². The van der Waals surface area contributed by atoms with Crippen LogP contribution in [-0.4, -0.2) is 48.0 Å². The number of hydrogen-bond donors (Lipinski definition) is 1. The number of nitrogens with one attached hydrogen (secondary N) is 1. The van der Waals surface area contributed by atoms with Crippen LogP contribution in [0.5, 0.6) is 0 Å². The lowest BCUT2D eigenvalue weighted by Gasteiger charge is -2.25. The van der Waals surface area contributed by atoms with E-state index in [0.717, 1.165) is 10.4 Å². The molecule has 0 aromatic carbocycles. The number of aromatic nitrogens is 1. The van der Waals surface area contributed by atoms with Crippen molar-refractivity contribution in [1.82, 2.24) is 14.6 Å². The molecule has 1 saturated heterocycles. The normalized spacial score (nSPS) is 21.5. The van der Waals surface area contributed by atoms with Gasteiger partial charge in [0.25, 0.3) is 10.0 Å². The number of rotatable bonds is 6. The standard InChI is InChI=1S/C19H26F3N3O4S/c1-12(2)4-8-17(27)24-15-7-5-13(3)25(11-16(15)26)30(28,29)18-9-6-14(10-23-18)19(20,21)22/h6,9-10,12-13,15H,4-5,7-8,11H2,1-3H3,(H,24,27)/t13-,15+/m1/s1. The third-order valence-electron chi connectivity index (χ3n) is 4.99. The number of hydrogen-bond acceptors (Lipinski definition) is 5. The first kappa shape index (κ1) is 24.3. The number of ketones is 1. The Balaban J connectivity index is 2.16. The van der Waals surface area contributed by atoms with Crippen LogP contribution in [0.15, 0.2) is 23.4 Å². The van der Waals surface area contributed by atoms with Crippen LogP contribution in [-0.2, 0) is 25.8 Å². The molecule has 1 fully saturated rings. The number of Topliss-reactive ketones (excluding diaryl/α,β-unsaturated/α-hetero) is 1. The van der Waals surface area contributed by atoms with Gasteiger partial charge in [0.2, 0.25) is 5.91 Å². The maximum atomic E-state index is 12.9. The van der Waals surface area contributed by atoms with Gasteiger partial charge in [-0.2, -0.15) is 17.5 Å². The highest BCUT2D eigenvalue weighted by Gasteiger charge is 2.38. The molecule has 1 amide bonds. The van der Waals surface area contributed by atoms with Crippen LogP contribution in [0.1, 0.15) is 52.0 Å². The van der Waals surface area contributed by atoms with Crippen molar-refractivity contribution in [3.8, 4) is 0 Å². The third-order valence-corrected chi connectivity index (χ3v) is 6.86. The van der Waals surface area contributed by atoms with Crippen molar-refractivity contribution < 1.29 is 31.2 Å². The molecule has 1 aliphatic heterocycles. The monoisotopic (exact) mass is 449 g/mol. The molecular formula is C19H26F3N3O4S. The van der Waals surface area contributed by atoms with Gasteiger partial charge < -0.3 is 5.32 Å². The van der Waals surface area contributed by atoms with Crippen molar-refractivity contribution in [2.45, 2.75) is 69.7 Å². The van der Waals surface area contributed by atoms with Crippen molar-refractivity contribution >= 4 is 21.7 Å². The maximum absolute atomic E-state index is 12.9. The molecule has 0 unspecified atom stereocenters. The Bertz CT molecular complexity index is 870.